The summed E-state index contributed by atoms with van der Waals surface area (Å²) in [4.78, 5) is 0. The average Bonchev–Trinajstić information content (AvgIpc) is 1.38. The van der Waals surface area contributed by atoms with Crippen molar-refractivity contribution in [3.8, 4) is 0 Å². The van der Waals surface area contributed by atoms with Gasteiger partial charge in [0, 0.05) is 0 Å². The van der Waals surface area contributed by atoms with E-state index in [1.807, 2.05) is 6.92 Å². The molecule has 0 bridgehead atoms. The Hall–Kier alpha value is 1.29. The fourth-order valence-electron chi connectivity index (χ4n) is 0. The van der Waals surface area contributed by atoms with Crippen molar-refractivity contribution < 1.29 is 4.57 Å². The summed E-state index contributed by atoms with van der Waals surface area (Å²) in [5.74, 6) is 0. The highest BCUT2D eigenvalue weighted by atomic mass is 79.9. The normalized spacial score (nSPS) is 12.3. The van der Waals surface area contributed by atoms with E-state index in [4.69, 9.17) is 0 Å². The van der Waals surface area contributed by atoms with Crippen molar-refractivity contribution in [1.82, 2.24) is 0 Å². The van der Waals surface area contributed by atoms with Crippen LogP contribution in [0.25, 0.3) is 0 Å². The van der Waals surface area contributed by atoms with Crippen LogP contribution in [0.3, 0.4) is 0 Å². The van der Waals surface area contributed by atoms with Gasteiger partial charge in [0.15, 0.2) is 0 Å². The number of hydrogen-bond acceptors (Lipinski definition) is 1. The summed E-state index contributed by atoms with van der Waals surface area (Å²) in [7, 11) is -0.602. The topological polar surface area (TPSA) is 17.1 Å². The molecule has 0 saturated carbocycles. The predicted molar refractivity (Wildman–Crippen MR) is 43.3 cm³/mol. The van der Waals surface area contributed by atoms with Crippen LogP contribution >= 0.6 is 49.2 Å². The molecule has 0 aromatic heterocycles. The van der Waals surface area contributed by atoms with Crippen molar-refractivity contribution >= 4 is 49.2 Å². The molecule has 0 aromatic rings. The zero-order chi connectivity index (χ0) is 4.28. The van der Waals surface area contributed by atoms with Crippen molar-refractivity contribution in [2.24, 2.45) is 0 Å². The van der Waals surface area contributed by atoms with Gasteiger partial charge in [-0.15, -0.1) is 24.8 Å². The van der Waals surface area contributed by atoms with Crippen LogP contribution in [-0.4, -0.2) is 4.57 Å². The smallest absolute Gasteiger partial charge is 0.0772 e. The average molecular weight is 230 g/mol. The van der Waals surface area contributed by atoms with Crippen molar-refractivity contribution in [2.75, 3.05) is 0 Å². The summed E-state index contributed by atoms with van der Waals surface area (Å²) in [6, 6.07) is 0. The molecule has 7 heavy (non-hydrogen) atoms. The number of alkyl halides is 1. The minimum absolute atomic E-state index is 0. The minimum Gasteiger partial charge on any atom is -0.329 e. The summed E-state index contributed by atoms with van der Waals surface area (Å²) < 4.78 is 9.89. The van der Waals surface area contributed by atoms with Crippen LogP contribution in [0.15, 0.2) is 0 Å². The maximum absolute atomic E-state index is 9.67. The monoisotopic (exact) mass is 228 g/mol. The van der Waals surface area contributed by atoms with Gasteiger partial charge in [-0.2, -0.15) is 0 Å². The molecule has 0 fully saturated rings. The van der Waals surface area contributed by atoms with Crippen LogP contribution in [-0.2, 0) is 4.57 Å². The second kappa shape index (κ2) is 10.3. The molecular weight excluding hydrogens is 222 g/mol. The van der Waals surface area contributed by atoms with E-state index in [1.165, 1.54) is 0 Å². The van der Waals surface area contributed by atoms with Crippen LogP contribution in [0.2, 0.25) is 0 Å². The summed E-state index contributed by atoms with van der Waals surface area (Å²) in [5, 5.41) is 0. The molecule has 0 aromatic carbocycles. The number of halogens is 3. The molecule has 48 valence electrons. The molecule has 2 unspecified atom stereocenters. The second-order valence-corrected chi connectivity index (χ2v) is 4.51. The summed E-state index contributed by atoms with van der Waals surface area (Å²) in [6.07, 6.45) is 0. The fraction of sp³-hybridized carbons (Fsp3) is 1.00. The van der Waals surface area contributed by atoms with Gasteiger partial charge >= 0.3 is 0 Å². The molecule has 2 atom stereocenters. The molecule has 0 radical (unpaired) electrons. The standard InChI is InChI=1S/C2H6BrOP.2ClH/c1-2(3)5-4;;/h2H,5H2,1H3;2*1H. The Morgan fingerprint density at radius 2 is 1.71 bits per heavy atom. The van der Waals surface area contributed by atoms with Gasteiger partial charge in [0.2, 0.25) is 0 Å². The highest BCUT2D eigenvalue weighted by Gasteiger charge is 1.80. The molecule has 0 saturated heterocycles. The second-order valence-electron chi connectivity index (χ2n) is 0.814. The molecular formula is C2H8BrCl2OP. The van der Waals surface area contributed by atoms with Gasteiger partial charge in [0.05, 0.1) is 13.0 Å². The first kappa shape index (κ1) is 15.7. The molecule has 0 spiro atoms. The third kappa shape index (κ3) is 18.8. The lowest BCUT2D eigenvalue weighted by Crippen LogP contribution is -1.63. The summed E-state index contributed by atoms with van der Waals surface area (Å²) in [6.45, 7) is 1.86. The lowest BCUT2D eigenvalue weighted by Gasteiger charge is -1.77. The quantitative estimate of drug-likeness (QED) is 0.498. The van der Waals surface area contributed by atoms with E-state index in [0.29, 0.717) is 0 Å². The van der Waals surface area contributed by atoms with Crippen LogP contribution in [0, 0.1) is 0 Å². The van der Waals surface area contributed by atoms with Crippen LogP contribution in [0.5, 0.6) is 0 Å². The van der Waals surface area contributed by atoms with Gasteiger partial charge < -0.3 is 4.57 Å². The lowest BCUT2D eigenvalue weighted by atomic mass is 11.0. The van der Waals surface area contributed by atoms with E-state index in [0.717, 1.165) is 0 Å². The Balaban J connectivity index is -0.0000000800. The van der Waals surface area contributed by atoms with Crippen molar-refractivity contribution in [1.29, 1.82) is 0 Å². The molecule has 5 heteroatoms. The van der Waals surface area contributed by atoms with Crippen molar-refractivity contribution in [3.05, 3.63) is 0 Å². The molecule has 0 heterocycles. The number of rotatable bonds is 1. The molecule has 0 amide bonds. The maximum atomic E-state index is 9.67. The van der Waals surface area contributed by atoms with Gasteiger partial charge in [0.1, 0.15) is 0 Å². The van der Waals surface area contributed by atoms with E-state index in [9.17, 15) is 4.57 Å². The summed E-state index contributed by atoms with van der Waals surface area (Å²) >= 11 is 3.10. The molecule has 0 rings (SSSR count). The zero-order valence-electron chi connectivity index (χ0n) is 3.76. The van der Waals surface area contributed by atoms with E-state index in [1.54, 1.807) is 0 Å². The Morgan fingerprint density at radius 3 is 1.71 bits per heavy atom. The van der Waals surface area contributed by atoms with E-state index >= 15 is 0 Å². The Bertz CT molecular complexity index is 42.7. The third-order valence-corrected chi connectivity index (χ3v) is 1.21. The molecule has 0 aliphatic rings. The number of hydrogen-bond donors (Lipinski definition) is 0. The Labute approximate surface area is 65.4 Å². The highest BCUT2D eigenvalue weighted by Crippen LogP contribution is 2.10. The van der Waals surface area contributed by atoms with Gasteiger partial charge in [-0.1, -0.05) is 15.9 Å². The molecule has 1 nitrogen and oxygen atoms in total. The minimum atomic E-state index is -0.602. The third-order valence-electron chi connectivity index (χ3n) is 0.188. The van der Waals surface area contributed by atoms with Gasteiger partial charge in [-0.25, -0.2) is 0 Å². The maximum Gasteiger partial charge on any atom is 0.0772 e. The highest BCUT2D eigenvalue weighted by molar-refractivity contribution is 9.10. The van der Waals surface area contributed by atoms with Crippen LogP contribution in [0.4, 0.5) is 0 Å². The molecule has 0 aliphatic heterocycles. The van der Waals surface area contributed by atoms with E-state index in [-0.39, 0.29) is 29.4 Å². The molecule has 0 aliphatic carbocycles. The van der Waals surface area contributed by atoms with E-state index in [2.05, 4.69) is 15.9 Å². The van der Waals surface area contributed by atoms with Gasteiger partial charge in [0.25, 0.3) is 0 Å². The predicted octanol–water partition coefficient (Wildman–Crippen LogP) is 2.33. The first-order valence-electron chi connectivity index (χ1n) is 1.36. The van der Waals surface area contributed by atoms with Crippen molar-refractivity contribution in [3.63, 3.8) is 0 Å². The van der Waals surface area contributed by atoms with Crippen LogP contribution < -0.4 is 0 Å². The fourth-order valence-corrected chi connectivity index (χ4v) is 0. The van der Waals surface area contributed by atoms with Crippen molar-refractivity contribution in [2.45, 2.75) is 11.5 Å². The van der Waals surface area contributed by atoms with Gasteiger partial charge in [-0.05, 0) is 6.92 Å². The Morgan fingerprint density at radius 1 is 1.57 bits per heavy atom. The summed E-state index contributed by atoms with van der Waals surface area (Å²) in [5.41, 5.74) is 0. The lowest BCUT2D eigenvalue weighted by molar-refractivity contribution is 0.598. The SMILES string of the molecule is CC(Br)[PH2]=O.Cl.Cl. The largest absolute Gasteiger partial charge is 0.329 e. The first-order valence-corrected chi connectivity index (χ1v) is 3.42. The molecule has 0 N–H and O–H groups in total. The Kier molecular flexibility index (Phi) is 23.2. The van der Waals surface area contributed by atoms with Gasteiger partial charge in [-0.3, -0.25) is 0 Å². The van der Waals surface area contributed by atoms with E-state index < -0.39 is 8.46 Å². The first-order chi connectivity index (χ1) is 2.27. The van der Waals surface area contributed by atoms with Crippen LogP contribution in [0.1, 0.15) is 6.92 Å². The zero-order valence-corrected chi connectivity index (χ0v) is 8.13.